The van der Waals surface area contributed by atoms with Gasteiger partial charge in [-0.3, -0.25) is 0 Å². The third-order valence-electron chi connectivity index (χ3n) is 8.78. The van der Waals surface area contributed by atoms with Crippen LogP contribution in [0, 0.1) is 22.7 Å². The van der Waals surface area contributed by atoms with E-state index in [1.807, 2.05) is 91.0 Å². The van der Waals surface area contributed by atoms with Crippen molar-refractivity contribution in [3.63, 3.8) is 0 Å². The molecule has 0 unspecified atom stereocenters. The van der Waals surface area contributed by atoms with Gasteiger partial charge in [-0.25, -0.2) is 0 Å². The Morgan fingerprint density at radius 2 is 1.35 bits per heavy atom. The molecule has 51 heavy (non-hydrogen) atoms. The van der Waals surface area contributed by atoms with Crippen LogP contribution in [0.25, 0.3) is 22.1 Å². The minimum atomic E-state index is 0.0811. The number of nitriles is 2. The van der Waals surface area contributed by atoms with E-state index >= 15 is 0 Å². The molecule has 1 aromatic heterocycles. The summed E-state index contributed by atoms with van der Waals surface area (Å²) in [5.41, 5.74) is 7.35. The Kier molecular flexibility index (Phi) is 9.47. The maximum atomic E-state index is 9.73. The monoisotopic (exact) mass is 690 g/mol. The molecule has 2 aliphatic heterocycles. The van der Waals surface area contributed by atoms with Gasteiger partial charge in [0.1, 0.15) is 42.4 Å². The number of anilines is 4. The van der Waals surface area contributed by atoms with Gasteiger partial charge in [-0.1, -0.05) is 30.3 Å². The predicted octanol–water partition coefficient (Wildman–Crippen LogP) is 9.91. The highest BCUT2D eigenvalue weighted by Crippen LogP contribution is 2.51. The molecular weight excluding hydrogens is 657 g/mol. The summed E-state index contributed by atoms with van der Waals surface area (Å²) >= 11 is 1.60. The Morgan fingerprint density at radius 1 is 0.784 bits per heavy atom. The number of hydrogen-bond donors (Lipinski definition) is 0. The van der Waals surface area contributed by atoms with Crippen molar-refractivity contribution < 1.29 is 18.9 Å². The van der Waals surface area contributed by atoms with E-state index < -0.39 is 0 Å². The number of ether oxygens (including phenoxy) is 4. The van der Waals surface area contributed by atoms with Crippen LogP contribution < -0.4 is 28.7 Å². The summed E-state index contributed by atoms with van der Waals surface area (Å²) in [5.74, 6) is 3.02. The SMILES string of the molecule is CCN1C(/C=C/c2sc(-c3ccc(N(c4ccc(OC)cc4)c4ccc(OC)cc4)cc3)c3c2OCCO3)=CC(=C(C#N)C#N)c2ccccc21. The average molecular weight is 691 g/mol. The molecule has 5 aromatic rings. The molecule has 8 nitrogen and oxygen atoms in total. The topological polar surface area (TPSA) is 91.0 Å². The van der Waals surface area contributed by atoms with Crippen LogP contribution in [-0.2, 0) is 0 Å². The lowest BCUT2D eigenvalue weighted by molar-refractivity contribution is 0.174. The third kappa shape index (κ3) is 6.39. The summed E-state index contributed by atoms with van der Waals surface area (Å²) in [4.78, 5) is 6.26. The van der Waals surface area contributed by atoms with Crippen LogP contribution in [-0.4, -0.2) is 34.0 Å². The molecule has 0 atom stereocenters. The highest BCUT2D eigenvalue weighted by atomic mass is 32.1. The molecular formula is C42H34N4O4S. The van der Waals surface area contributed by atoms with Crippen molar-refractivity contribution in [2.24, 2.45) is 0 Å². The van der Waals surface area contributed by atoms with Crippen molar-refractivity contribution >= 4 is 45.7 Å². The summed E-state index contributed by atoms with van der Waals surface area (Å²) in [7, 11) is 3.33. The number of nitrogens with zero attached hydrogens (tertiary/aromatic N) is 4. The zero-order valence-corrected chi connectivity index (χ0v) is 29.2. The first-order chi connectivity index (χ1) is 25.1. The number of benzene rings is 4. The summed E-state index contributed by atoms with van der Waals surface area (Å²) in [6.45, 7) is 3.71. The summed E-state index contributed by atoms with van der Waals surface area (Å²) in [6.07, 6.45) is 5.96. The second-order valence-electron chi connectivity index (χ2n) is 11.6. The van der Waals surface area contributed by atoms with E-state index in [-0.39, 0.29) is 5.57 Å². The number of rotatable bonds is 9. The van der Waals surface area contributed by atoms with Gasteiger partial charge in [0.05, 0.1) is 24.0 Å². The van der Waals surface area contributed by atoms with E-state index in [4.69, 9.17) is 18.9 Å². The first-order valence-electron chi connectivity index (χ1n) is 16.5. The van der Waals surface area contributed by atoms with Gasteiger partial charge in [0.15, 0.2) is 11.5 Å². The molecule has 0 amide bonds. The molecule has 0 saturated heterocycles. The highest BCUT2D eigenvalue weighted by Gasteiger charge is 2.26. The zero-order valence-electron chi connectivity index (χ0n) is 28.4. The lowest BCUT2D eigenvalue weighted by atomic mass is 9.93. The van der Waals surface area contributed by atoms with Gasteiger partial charge in [0.2, 0.25) is 0 Å². The minimum Gasteiger partial charge on any atom is -0.497 e. The third-order valence-corrected chi connectivity index (χ3v) is 9.94. The number of likely N-dealkylation sites (N-methyl/N-ethyl adjacent to an activating group) is 1. The van der Waals surface area contributed by atoms with E-state index in [1.54, 1.807) is 25.6 Å². The zero-order chi connectivity index (χ0) is 35.3. The van der Waals surface area contributed by atoms with Crippen LogP contribution in [0.2, 0.25) is 0 Å². The number of hydrogen-bond acceptors (Lipinski definition) is 9. The van der Waals surface area contributed by atoms with Crippen molar-refractivity contribution in [2.45, 2.75) is 6.92 Å². The molecule has 7 rings (SSSR count). The van der Waals surface area contributed by atoms with Crippen molar-refractivity contribution in [3.8, 4) is 45.6 Å². The molecule has 0 N–H and O–H groups in total. The Bertz CT molecular complexity index is 2180. The van der Waals surface area contributed by atoms with E-state index in [1.165, 1.54) is 0 Å². The molecule has 0 fully saturated rings. The lowest BCUT2D eigenvalue weighted by Crippen LogP contribution is -2.25. The Morgan fingerprint density at radius 3 is 1.92 bits per heavy atom. The van der Waals surface area contributed by atoms with Crippen LogP contribution in [0.1, 0.15) is 17.4 Å². The summed E-state index contributed by atoms with van der Waals surface area (Å²) < 4.78 is 23.2. The lowest BCUT2D eigenvalue weighted by Gasteiger charge is -2.31. The molecule has 4 aromatic carbocycles. The maximum absolute atomic E-state index is 9.73. The van der Waals surface area contributed by atoms with Crippen LogP contribution >= 0.6 is 11.3 Å². The summed E-state index contributed by atoms with van der Waals surface area (Å²) in [6, 6.07) is 36.4. The predicted molar refractivity (Wildman–Crippen MR) is 203 cm³/mol. The first kappa shape index (κ1) is 33.1. The highest BCUT2D eigenvalue weighted by molar-refractivity contribution is 7.17. The second kappa shape index (κ2) is 14.6. The van der Waals surface area contributed by atoms with Gasteiger partial charge in [-0.15, -0.1) is 11.3 Å². The normalized spacial score (nSPS) is 13.2. The number of para-hydroxylation sites is 1. The second-order valence-corrected chi connectivity index (χ2v) is 12.7. The molecule has 0 saturated carbocycles. The average Bonchev–Trinajstić information content (AvgIpc) is 3.57. The number of fused-ring (bicyclic) bond motifs is 2. The van der Waals surface area contributed by atoms with E-state index in [9.17, 15) is 10.5 Å². The van der Waals surface area contributed by atoms with Gasteiger partial charge in [0.25, 0.3) is 0 Å². The van der Waals surface area contributed by atoms with Gasteiger partial charge in [0, 0.05) is 46.1 Å². The Balaban J connectivity index is 1.25. The smallest absolute Gasteiger partial charge is 0.180 e. The molecule has 0 bridgehead atoms. The van der Waals surface area contributed by atoms with Gasteiger partial charge in [-0.05, 0) is 97.4 Å². The first-order valence-corrected chi connectivity index (χ1v) is 17.3. The number of thiophene rings is 1. The van der Waals surface area contributed by atoms with Crippen LogP contribution in [0.3, 0.4) is 0 Å². The van der Waals surface area contributed by atoms with Gasteiger partial charge in [-0.2, -0.15) is 10.5 Å². The molecule has 252 valence electrons. The van der Waals surface area contributed by atoms with Gasteiger partial charge >= 0.3 is 0 Å². The summed E-state index contributed by atoms with van der Waals surface area (Å²) in [5, 5.41) is 19.5. The van der Waals surface area contributed by atoms with Crippen molar-refractivity contribution in [3.05, 3.63) is 131 Å². The van der Waals surface area contributed by atoms with Crippen LogP contribution in [0.4, 0.5) is 22.7 Å². The fourth-order valence-corrected chi connectivity index (χ4v) is 7.43. The van der Waals surface area contributed by atoms with Gasteiger partial charge < -0.3 is 28.7 Å². The number of methoxy groups -OCH3 is 2. The standard InChI is InChI=1S/C42H34N4O4S/c1-4-45-33(25-37(29(26-43)27-44)36-7-5-6-8-38(36)45)17-22-39-40-41(50-24-23-49-40)42(51-39)28-9-11-30(12-10-28)46(31-13-18-34(47-2)19-14-31)32-15-20-35(48-3)21-16-32/h5-22,25H,4,23-24H2,1-3H3/b22-17+. The van der Waals surface area contributed by atoms with Crippen LogP contribution in [0.5, 0.6) is 23.0 Å². The molecule has 9 heteroatoms. The molecule has 0 radical (unpaired) electrons. The Labute approximate surface area is 301 Å². The van der Waals surface area contributed by atoms with E-state index in [0.717, 1.165) is 66.6 Å². The fourth-order valence-electron chi connectivity index (χ4n) is 6.33. The van der Waals surface area contributed by atoms with Crippen molar-refractivity contribution in [1.29, 1.82) is 10.5 Å². The number of allylic oxidation sites excluding steroid dienone is 4. The van der Waals surface area contributed by atoms with Crippen molar-refractivity contribution in [2.75, 3.05) is 43.8 Å². The quantitative estimate of drug-likeness (QED) is 0.141. The van der Waals surface area contributed by atoms with E-state index in [0.29, 0.717) is 31.1 Å². The van der Waals surface area contributed by atoms with Crippen molar-refractivity contribution in [1.82, 2.24) is 0 Å². The Hall–Kier alpha value is -6.42. The van der Waals surface area contributed by atoms with E-state index in [2.05, 4.69) is 53.1 Å². The molecule has 3 heterocycles. The molecule has 2 aliphatic rings. The molecule has 0 aliphatic carbocycles. The fraction of sp³-hybridized carbons (Fsp3) is 0.143. The van der Waals surface area contributed by atoms with Crippen LogP contribution in [0.15, 0.2) is 120 Å². The minimum absolute atomic E-state index is 0.0811. The molecule has 0 spiro atoms. The maximum Gasteiger partial charge on any atom is 0.180 e. The largest absolute Gasteiger partial charge is 0.497 e.